The van der Waals surface area contributed by atoms with Crippen LogP contribution in [0.5, 0.6) is 0 Å². The number of halogens is 2. The third kappa shape index (κ3) is 3.23. The molecule has 0 nitrogen and oxygen atoms in total. The molecule has 0 bridgehead atoms. The Morgan fingerprint density at radius 3 is 2.43 bits per heavy atom. The van der Waals surface area contributed by atoms with Crippen LogP contribution in [0.15, 0.2) is 0 Å². The van der Waals surface area contributed by atoms with E-state index in [-0.39, 0.29) is 4.32 Å². The molecule has 14 heavy (non-hydrogen) atoms. The van der Waals surface area contributed by atoms with Gasteiger partial charge in [0.05, 0.1) is 0 Å². The zero-order chi connectivity index (χ0) is 10.8. The average Bonchev–Trinajstić information content (AvgIpc) is 2.02. The van der Waals surface area contributed by atoms with E-state index in [1.54, 1.807) is 0 Å². The standard InChI is InChI=1S/C12H22Br2/c1-4-6-9-7-5-8-10(13)11(9)12(2,3)14/h9-11H,4-8H2,1-3H3/t9?,10?,11-/m0/s1. The molecular weight excluding hydrogens is 304 g/mol. The summed E-state index contributed by atoms with van der Waals surface area (Å²) in [4.78, 5) is 0.710. The van der Waals surface area contributed by atoms with Gasteiger partial charge >= 0.3 is 0 Å². The van der Waals surface area contributed by atoms with Crippen molar-refractivity contribution < 1.29 is 0 Å². The van der Waals surface area contributed by atoms with Crippen LogP contribution in [0.1, 0.15) is 52.9 Å². The number of hydrogen-bond donors (Lipinski definition) is 0. The summed E-state index contributed by atoms with van der Waals surface area (Å²) in [6, 6.07) is 0. The molecule has 0 aromatic carbocycles. The highest BCUT2D eigenvalue weighted by Gasteiger charge is 2.39. The van der Waals surface area contributed by atoms with Crippen molar-refractivity contribution >= 4 is 31.9 Å². The summed E-state index contributed by atoms with van der Waals surface area (Å²) >= 11 is 7.73. The Morgan fingerprint density at radius 2 is 1.93 bits per heavy atom. The Morgan fingerprint density at radius 1 is 1.29 bits per heavy atom. The lowest BCUT2D eigenvalue weighted by atomic mass is 9.71. The number of rotatable bonds is 3. The minimum atomic E-state index is 0.279. The fourth-order valence-electron chi connectivity index (χ4n) is 2.91. The molecule has 1 rings (SSSR count). The molecule has 84 valence electrons. The smallest absolute Gasteiger partial charge is 0.0243 e. The van der Waals surface area contributed by atoms with Crippen molar-refractivity contribution in [2.24, 2.45) is 11.8 Å². The van der Waals surface area contributed by atoms with Gasteiger partial charge in [-0.3, -0.25) is 0 Å². The first kappa shape index (κ1) is 13.0. The van der Waals surface area contributed by atoms with Gasteiger partial charge in [-0.05, 0) is 32.1 Å². The Labute approximate surface area is 105 Å². The van der Waals surface area contributed by atoms with E-state index < -0.39 is 0 Å². The minimum Gasteiger partial charge on any atom is -0.0887 e. The van der Waals surface area contributed by atoms with Crippen molar-refractivity contribution in [2.75, 3.05) is 0 Å². The van der Waals surface area contributed by atoms with E-state index in [0.29, 0.717) is 4.83 Å². The van der Waals surface area contributed by atoms with E-state index in [9.17, 15) is 0 Å². The van der Waals surface area contributed by atoms with Crippen LogP contribution in [-0.4, -0.2) is 9.15 Å². The molecule has 0 N–H and O–H groups in total. The zero-order valence-electron chi connectivity index (χ0n) is 9.52. The van der Waals surface area contributed by atoms with E-state index in [1.807, 2.05) is 0 Å². The molecule has 0 heterocycles. The van der Waals surface area contributed by atoms with Crippen molar-refractivity contribution in [1.82, 2.24) is 0 Å². The van der Waals surface area contributed by atoms with Crippen LogP contribution in [0, 0.1) is 11.8 Å². The molecule has 2 unspecified atom stereocenters. The molecule has 0 spiro atoms. The van der Waals surface area contributed by atoms with Gasteiger partial charge in [0.25, 0.3) is 0 Å². The number of hydrogen-bond acceptors (Lipinski definition) is 0. The summed E-state index contributed by atoms with van der Waals surface area (Å²) < 4.78 is 0.279. The summed E-state index contributed by atoms with van der Waals surface area (Å²) in [5.41, 5.74) is 0. The Bertz CT molecular complexity index is 170. The van der Waals surface area contributed by atoms with Crippen LogP contribution >= 0.6 is 31.9 Å². The second-order valence-electron chi connectivity index (χ2n) is 5.09. The van der Waals surface area contributed by atoms with Gasteiger partial charge in [-0.2, -0.15) is 0 Å². The van der Waals surface area contributed by atoms with Crippen LogP contribution in [0.4, 0.5) is 0 Å². The molecule has 1 aliphatic carbocycles. The maximum atomic E-state index is 3.87. The third-order valence-electron chi connectivity index (χ3n) is 3.40. The highest BCUT2D eigenvalue weighted by atomic mass is 79.9. The molecule has 2 heteroatoms. The lowest BCUT2D eigenvalue weighted by molar-refractivity contribution is 0.201. The molecule has 0 aromatic rings. The van der Waals surface area contributed by atoms with Gasteiger partial charge in [0.2, 0.25) is 0 Å². The molecule has 3 atom stereocenters. The Balaban J connectivity index is 2.71. The highest BCUT2D eigenvalue weighted by Crippen LogP contribution is 2.46. The van der Waals surface area contributed by atoms with Crippen molar-refractivity contribution in [3.63, 3.8) is 0 Å². The predicted molar refractivity (Wildman–Crippen MR) is 71.5 cm³/mol. The van der Waals surface area contributed by atoms with Gasteiger partial charge in [-0.1, -0.05) is 64.5 Å². The topological polar surface area (TPSA) is 0 Å². The third-order valence-corrected chi connectivity index (χ3v) is 4.96. The summed E-state index contributed by atoms with van der Waals surface area (Å²) in [6.07, 6.45) is 6.89. The number of alkyl halides is 2. The van der Waals surface area contributed by atoms with Crippen LogP contribution in [0.2, 0.25) is 0 Å². The largest absolute Gasteiger partial charge is 0.0887 e. The van der Waals surface area contributed by atoms with E-state index in [2.05, 4.69) is 52.6 Å². The highest BCUT2D eigenvalue weighted by molar-refractivity contribution is 9.10. The molecule has 0 radical (unpaired) electrons. The van der Waals surface area contributed by atoms with Crippen LogP contribution in [0.25, 0.3) is 0 Å². The molecule has 1 fully saturated rings. The molecule has 0 aliphatic heterocycles. The van der Waals surface area contributed by atoms with Gasteiger partial charge in [-0.15, -0.1) is 0 Å². The van der Waals surface area contributed by atoms with Crippen LogP contribution in [0.3, 0.4) is 0 Å². The summed E-state index contributed by atoms with van der Waals surface area (Å²) in [6.45, 7) is 6.94. The minimum absolute atomic E-state index is 0.279. The van der Waals surface area contributed by atoms with Crippen LogP contribution in [-0.2, 0) is 0 Å². The first-order chi connectivity index (χ1) is 6.46. The summed E-state index contributed by atoms with van der Waals surface area (Å²) in [7, 11) is 0. The van der Waals surface area contributed by atoms with Crippen molar-refractivity contribution in [3.05, 3.63) is 0 Å². The molecule has 1 saturated carbocycles. The first-order valence-corrected chi connectivity index (χ1v) is 7.50. The Hall–Kier alpha value is 0.960. The summed E-state index contributed by atoms with van der Waals surface area (Å²) in [5, 5.41) is 0. The molecule has 0 amide bonds. The van der Waals surface area contributed by atoms with Crippen molar-refractivity contribution in [1.29, 1.82) is 0 Å². The second kappa shape index (κ2) is 5.34. The SMILES string of the molecule is CCCC1CCCC(Br)[C@H]1C(C)(C)Br. The van der Waals surface area contributed by atoms with E-state index in [1.165, 1.54) is 32.1 Å². The van der Waals surface area contributed by atoms with Gasteiger partial charge in [0, 0.05) is 9.15 Å². The zero-order valence-corrected chi connectivity index (χ0v) is 12.7. The summed E-state index contributed by atoms with van der Waals surface area (Å²) in [5.74, 6) is 1.70. The van der Waals surface area contributed by atoms with Gasteiger partial charge in [-0.25, -0.2) is 0 Å². The Kier molecular flexibility index (Phi) is 4.97. The molecular formula is C12H22Br2. The normalized spacial score (nSPS) is 34.5. The quantitative estimate of drug-likeness (QED) is 0.630. The van der Waals surface area contributed by atoms with E-state index in [0.717, 1.165) is 11.8 Å². The molecule has 0 saturated heterocycles. The molecule has 0 aromatic heterocycles. The first-order valence-electron chi connectivity index (χ1n) is 5.79. The van der Waals surface area contributed by atoms with Crippen molar-refractivity contribution in [2.45, 2.75) is 62.0 Å². The maximum Gasteiger partial charge on any atom is 0.0243 e. The monoisotopic (exact) mass is 324 g/mol. The maximum absolute atomic E-state index is 3.87. The van der Waals surface area contributed by atoms with E-state index in [4.69, 9.17) is 0 Å². The lowest BCUT2D eigenvalue weighted by Gasteiger charge is -2.42. The predicted octanol–water partition coefficient (Wildman–Crippen LogP) is 5.14. The average molecular weight is 326 g/mol. The van der Waals surface area contributed by atoms with Gasteiger partial charge < -0.3 is 0 Å². The molecule has 1 aliphatic rings. The fourth-order valence-corrected chi connectivity index (χ4v) is 5.38. The fraction of sp³-hybridized carbons (Fsp3) is 1.00. The van der Waals surface area contributed by atoms with Crippen molar-refractivity contribution in [3.8, 4) is 0 Å². The van der Waals surface area contributed by atoms with Crippen LogP contribution < -0.4 is 0 Å². The lowest BCUT2D eigenvalue weighted by Crippen LogP contribution is -2.40. The van der Waals surface area contributed by atoms with Gasteiger partial charge in [0.1, 0.15) is 0 Å². The second-order valence-corrected chi connectivity index (χ2v) is 8.31. The van der Waals surface area contributed by atoms with E-state index >= 15 is 0 Å². The van der Waals surface area contributed by atoms with Gasteiger partial charge in [0.15, 0.2) is 0 Å².